The molecule has 0 spiro atoms. The zero-order valence-electron chi connectivity index (χ0n) is 10.5. The molecule has 2 aromatic carbocycles. The van der Waals surface area contributed by atoms with E-state index in [9.17, 15) is 13.6 Å². The van der Waals surface area contributed by atoms with Crippen LogP contribution in [0.4, 0.5) is 14.5 Å². The van der Waals surface area contributed by atoms with E-state index in [1.807, 2.05) is 0 Å². The number of anilines is 1. The van der Waals surface area contributed by atoms with E-state index in [2.05, 4.69) is 5.32 Å². The van der Waals surface area contributed by atoms with Crippen LogP contribution in [0.3, 0.4) is 0 Å². The van der Waals surface area contributed by atoms with Gasteiger partial charge in [-0.1, -0.05) is 18.2 Å². The number of carbonyl (C=O) groups excluding carboxylic acids is 1. The van der Waals surface area contributed by atoms with E-state index < -0.39 is 17.7 Å². The Balaban J connectivity index is 1.97. The molecular weight excluding hydrogens is 262 g/mol. The SMILES string of the molecule is NC(c1ccc2c(c1)CC(=O)N2)c1ccc(F)cc1F. The first-order valence-electron chi connectivity index (χ1n) is 6.18. The zero-order valence-corrected chi connectivity index (χ0v) is 10.5. The Morgan fingerprint density at radius 2 is 1.95 bits per heavy atom. The molecular formula is C15H12F2N2O. The maximum Gasteiger partial charge on any atom is 0.228 e. The maximum absolute atomic E-state index is 13.7. The number of hydrogen-bond acceptors (Lipinski definition) is 2. The zero-order chi connectivity index (χ0) is 14.3. The summed E-state index contributed by atoms with van der Waals surface area (Å²) in [7, 11) is 0. The fourth-order valence-electron chi connectivity index (χ4n) is 2.38. The summed E-state index contributed by atoms with van der Waals surface area (Å²) in [5, 5.41) is 2.72. The normalized spacial score (nSPS) is 14.8. The molecule has 5 heteroatoms. The van der Waals surface area contributed by atoms with Crippen molar-refractivity contribution in [2.75, 3.05) is 5.32 Å². The Labute approximate surface area is 114 Å². The lowest BCUT2D eigenvalue weighted by Crippen LogP contribution is -2.14. The summed E-state index contributed by atoms with van der Waals surface area (Å²) in [6.45, 7) is 0. The number of rotatable bonds is 2. The highest BCUT2D eigenvalue weighted by Crippen LogP contribution is 2.29. The van der Waals surface area contributed by atoms with Crippen molar-refractivity contribution in [1.82, 2.24) is 0 Å². The second-order valence-electron chi connectivity index (χ2n) is 4.79. The van der Waals surface area contributed by atoms with Crippen LogP contribution >= 0.6 is 0 Å². The predicted molar refractivity (Wildman–Crippen MR) is 71.2 cm³/mol. The number of amides is 1. The van der Waals surface area contributed by atoms with Crippen molar-refractivity contribution in [3.63, 3.8) is 0 Å². The first-order chi connectivity index (χ1) is 9.54. The number of benzene rings is 2. The number of nitrogens with two attached hydrogens (primary N) is 1. The van der Waals surface area contributed by atoms with Crippen molar-refractivity contribution in [3.8, 4) is 0 Å². The number of fused-ring (bicyclic) bond motifs is 1. The molecule has 1 aliphatic heterocycles. The van der Waals surface area contributed by atoms with Gasteiger partial charge in [0, 0.05) is 17.3 Å². The minimum absolute atomic E-state index is 0.0707. The van der Waals surface area contributed by atoms with Crippen LogP contribution in [0, 0.1) is 11.6 Å². The van der Waals surface area contributed by atoms with Gasteiger partial charge in [-0.2, -0.15) is 0 Å². The van der Waals surface area contributed by atoms with Crippen LogP contribution in [-0.2, 0) is 11.2 Å². The Kier molecular flexibility index (Phi) is 2.99. The summed E-state index contributed by atoms with van der Waals surface area (Å²) < 4.78 is 26.6. The van der Waals surface area contributed by atoms with Crippen molar-refractivity contribution in [2.24, 2.45) is 5.73 Å². The Morgan fingerprint density at radius 1 is 1.15 bits per heavy atom. The monoisotopic (exact) mass is 274 g/mol. The van der Waals surface area contributed by atoms with Crippen molar-refractivity contribution < 1.29 is 13.6 Å². The molecule has 0 radical (unpaired) electrons. The topological polar surface area (TPSA) is 55.1 Å². The Bertz CT molecular complexity index is 700. The molecule has 1 amide bonds. The third-order valence-corrected chi connectivity index (χ3v) is 3.41. The molecule has 1 atom stereocenters. The van der Waals surface area contributed by atoms with E-state index >= 15 is 0 Å². The van der Waals surface area contributed by atoms with Gasteiger partial charge in [0.1, 0.15) is 11.6 Å². The van der Waals surface area contributed by atoms with E-state index in [0.717, 1.165) is 17.3 Å². The number of hydrogen-bond donors (Lipinski definition) is 2. The molecule has 0 fully saturated rings. The van der Waals surface area contributed by atoms with Gasteiger partial charge in [0.25, 0.3) is 0 Å². The summed E-state index contributed by atoms with van der Waals surface area (Å²) in [6, 6.07) is 7.89. The van der Waals surface area contributed by atoms with Gasteiger partial charge in [-0.25, -0.2) is 8.78 Å². The second kappa shape index (κ2) is 4.68. The summed E-state index contributed by atoms with van der Waals surface area (Å²) >= 11 is 0. The molecule has 102 valence electrons. The lowest BCUT2D eigenvalue weighted by atomic mass is 9.96. The number of nitrogens with one attached hydrogen (secondary N) is 1. The van der Waals surface area contributed by atoms with Crippen LogP contribution in [-0.4, -0.2) is 5.91 Å². The Morgan fingerprint density at radius 3 is 2.70 bits per heavy atom. The molecule has 3 rings (SSSR count). The van der Waals surface area contributed by atoms with Gasteiger partial charge in [-0.3, -0.25) is 4.79 Å². The fourth-order valence-corrected chi connectivity index (χ4v) is 2.38. The van der Waals surface area contributed by atoms with Gasteiger partial charge in [0.15, 0.2) is 0 Å². The molecule has 3 N–H and O–H groups in total. The van der Waals surface area contributed by atoms with Crippen LogP contribution < -0.4 is 11.1 Å². The standard InChI is InChI=1S/C15H12F2N2O/c16-10-2-3-11(12(17)7-10)15(18)8-1-4-13-9(5-8)6-14(20)19-13/h1-5,7,15H,6,18H2,(H,19,20). The quantitative estimate of drug-likeness (QED) is 0.884. The molecule has 2 aromatic rings. The van der Waals surface area contributed by atoms with E-state index in [0.29, 0.717) is 12.0 Å². The van der Waals surface area contributed by atoms with Gasteiger partial charge in [0.2, 0.25) is 5.91 Å². The first-order valence-corrected chi connectivity index (χ1v) is 6.18. The summed E-state index contributed by atoms with van der Waals surface area (Å²) in [4.78, 5) is 11.3. The van der Waals surface area contributed by atoms with Gasteiger partial charge in [0.05, 0.1) is 12.5 Å². The highest BCUT2D eigenvalue weighted by atomic mass is 19.1. The lowest BCUT2D eigenvalue weighted by Gasteiger charge is -2.14. The van der Waals surface area contributed by atoms with Crippen LogP contribution in [0.15, 0.2) is 36.4 Å². The summed E-state index contributed by atoms with van der Waals surface area (Å²) in [6.07, 6.45) is 0.293. The Hall–Kier alpha value is -2.27. The van der Waals surface area contributed by atoms with E-state index in [-0.39, 0.29) is 11.5 Å². The lowest BCUT2D eigenvalue weighted by molar-refractivity contribution is -0.115. The van der Waals surface area contributed by atoms with Crippen molar-refractivity contribution in [3.05, 3.63) is 64.7 Å². The second-order valence-corrected chi connectivity index (χ2v) is 4.79. The summed E-state index contributed by atoms with van der Waals surface area (Å²) in [5.41, 5.74) is 8.53. The molecule has 3 nitrogen and oxygen atoms in total. The van der Waals surface area contributed by atoms with Crippen molar-refractivity contribution in [1.29, 1.82) is 0 Å². The summed E-state index contributed by atoms with van der Waals surface area (Å²) in [5.74, 6) is -1.38. The molecule has 20 heavy (non-hydrogen) atoms. The molecule has 0 aliphatic carbocycles. The third-order valence-electron chi connectivity index (χ3n) is 3.41. The van der Waals surface area contributed by atoms with E-state index in [1.54, 1.807) is 18.2 Å². The van der Waals surface area contributed by atoms with E-state index in [1.165, 1.54) is 12.1 Å². The third kappa shape index (κ3) is 2.16. The highest BCUT2D eigenvalue weighted by Gasteiger charge is 2.20. The van der Waals surface area contributed by atoms with E-state index in [4.69, 9.17) is 5.73 Å². The minimum atomic E-state index is -0.698. The van der Waals surface area contributed by atoms with Crippen LogP contribution in [0.2, 0.25) is 0 Å². The molecule has 0 aromatic heterocycles. The van der Waals surface area contributed by atoms with Gasteiger partial charge in [-0.05, 0) is 23.3 Å². The first kappa shape index (κ1) is 12.7. The maximum atomic E-state index is 13.7. The van der Waals surface area contributed by atoms with Crippen LogP contribution in [0.1, 0.15) is 22.7 Å². The van der Waals surface area contributed by atoms with Gasteiger partial charge >= 0.3 is 0 Å². The smallest absolute Gasteiger partial charge is 0.228 e. The van der Waals surface area contributed by atoms with Crippen LogP contribution in [0.25, 0.3) is 0 Å². The molecule has 0 saturated carbocycles. The number of halogens is 2. The molecule has 0 saturated heterocycles. The average molecular weight is 274 g/mol. The van der Waals surface area contributed by atoms with Crippen molar-refractivity contribution in [2.45, 2.75) is 12.5 Å². The largest absolute Gasteiger partial charge is 0.326 e. The van der Waals surface area contributed by atoms with Gasteiger partial charge in [-0.15, -0.1) is 0 Å². The average Bonchev–Trinajstić information content (AvgIpc) is 2.77. The molecule has 1 heterocycles. The van der Waals surface area contributed by atoms with Crippen LogP contribution in [0.5, 0.6) is 0 Å². The molecule has 1 aliphatic rings. The fraction of sp³-hybridized carbons (Fsp3) is 0.133. The number of carbonyl (C=O) groups is 1. The predicted octanol–water partition coefficient (Wildman–Crippen LogP) is 2.51. The van der Waals surface area contributed by atoms with Gasteiger partial charge < -0.3 is 11.1 Å². The highest BCUT2D eigenvalue weighted by molar-refractivity contribution is 5.99. The molecule has 1 unspecified atom stereocenters. The molecule has 0 bridgehead atoms. The minimum Gasteiger partial charge on any atom is -0.326 e. The van der Waals surface area contributed by atoms with Crippen molar-refractivity contribution >= 4 is 11.6 Å².